The summed E-state index contributed by atoms with van der Waals surface area (Å²) in [5.41, 5.74) is 1.46. The first-order valence-corrected chi connectivity index (χ1v) is 12.9. The Labute approximate surface area is 221 Å². The maximum atomic E-state index is 12.5. The molecule has 3 N–H and O–H groups in total. The molecule has 0 bridgehead atoms. The van der Waals surface area contributed by atoms with Crippen LogP contribution in [-0.4, -0.2) is 33.3 Å². The molecule has 0 spiro atoms. The standard InChI is InChI=1S/C21H16Cl3N7O2S2/c22-16-7-2-13(10-17(16)23)11-31-12-18(24)19(29-31)28-21(34)27-14-3-5-15(6-4-14)35(32,33)30-20-25-8-1-9-26-20/h1-10,12H,11H2,(H,25,26,30)(H2,27,28,29,34). The molecule has 0 saturated carbocycles. The molecule has 2 heterocycles. The molecule has 14 heteroatoms. The molecule has 0 radical (unpaired) electrons. The van der Waals surface area contributed by atoms with Crippen LogP contribution in [0, 0.1) is 0 Å². The predicted octanol–water partition coefficient (Wildman–Crippen LogP) is 5.29. The van der Waals surface area contributed by atoms with Crippen molar-refractivity contribution in [3.63, 3.8) is 0 Å². The van der Waals surface area contributed by atoms with Gasteiger partial charge in [-0.1, -0.05) is 40.9 Å². The third-order valence-corrected chi connectivity index (χ3v) is 7.06. The number of benzene rings is 2. The first kappa shape index (κ1) is 25.1. The maximum absolute atomic E-state index is 12.5. The first-order chi connectivity index (χ1) is 16.7. The van der Waals surface area contributed by atoms with Gasteiger partial charge in [0.15, 0.2) is 10.9 Å². The lowest BCUT2D eigenvalue weighted by atomic mass is 10.2. The minimum Gasteiger partial charge on any atom is -0.332 e. The zero-order valence-electron chi connectivity index (χ0n) is 17.6. The Kier molecular flexibility index (Phi) is 7.72. The van der Waals surface area contributed by atoms with Gasteiger partial charge >= 0.3 is 0 Å². The average Bonchev–Trinajstić information content (AvgIpc) is 3.15. The minimum atomic E-state index is -3.84. The Balaban J connectivity index is 1.37. The predicted molar refractivity (Wildman–Crippen MR) is 142 cm³/mol. The molecule has 0 amide bonds. The van der Waals surface area contributed by atoms with Gasteiger partial charge < -0.3 is 10.6 Å². The zero-order valence-corrected chi connectivity index (χ0v) is 21.5. The molecule has 2 aromatic heterocycles. The van der Waals surface area contributed by atoms with Gasteiger partial charge in [-0.05, 0) is 60.2 Å². The summed E-state index contributed by atoms with van der Waals surface area (Å²) < 4.78 is 28.9. The van der Waals surface area contributed by atoms with Crippen molar-refractivity contribution in [2.24, 2.45) is 0 Å². The molecular weight excluding hydrogens is 553 g/mol. The van der Waals surface area contributed by atoms with E-state index in [2.05, 4.69) is 30.4 Å². The van der Waals surface area contributed by atoms with Gasteiger partial charge in [-0.2, -0.15) is 5.10 Å². The van der Waals surface area contributed by atoms with Gasteiger partial charge in [0.25, 0.3) is 10.0 Å². The van der Waals surface area contributed by atoms with Crippen molar-refractivity contribution < 1.29 is 8.42 Å². The highest BCUT2D eigenvalue weighted by Crippen LogP contribution is 2.25. The lowest BCUT2D eigenvalue weighted by Crippen LogP contribution is -2.20. The van der Waals surface area contributed by atoms with Crippen molar-refractivity contribution in [3.8, 4) is 0 Å². The average molecular weight is 569 g/mol. The van der Waals surface area contributed by atoms with E-state index >= 15 is 0 Å². The molecule has 2 aromatic carbocycles. The third kappa shape index (κ3) is 6.59. The number of aromatic nitrogens is 4. The van der Waals surface area contributed by atoms with E-state index in [1.807, 2.05) is 6.07 Å². The number of anilines is 3. The summed E-state index contributed by atoms with van der Waals surface area (Å²) in [4.78, 5) is 7.75. The fourth-order valence-electron chi connectivity index (χ4n) is 2.91. The molecule has 9 nitrogen and oxygen atoms in total. The second kappa shape index (κ2) is 10.8. The molecule has 0 aliphatic heterocycles. The van der Waals surface area contributed by atoms with E-state index in [0.717, 1.165) is 5.56 Å². The molecule has 0 aliphatic rings. The molecule has 35 heavy (non-hydrogen) atoms. The SMILES string of the molecule is O=S(=O)(Nc1ncccn1)c1ccc(NC(=S)Nc2nn(Cc3ccc(Cl)c(Cl)c3)cc2Cl)cc1. The van der Waals surface area contributed by atoms with Crippen LogP contribution >= 0.6 is 47.0 Å². The smallest absolute Gasteiger partial charge is 0.264 e. The molecule has 180 valence electrons. The molecule has 4 rings (SSSR count). The number of hydrogen-bond acceptors (Lipinski definition) is 6. The quantitative estimate of drug-likeness (QED) is 0.258. The van der Waals surface area contributed by atoms with E-state index < -0.39 is 10.0 Å². The van der Waals surface area contributed by atoms with Crippen molar-refractivity contribution in [1.29, 1.82) is 0 Å². The van der Waals surface area contributed by atoms with Crippen LogP contribution in [0.5, 0.6) is 0 Å². The van der Waals surface area contributed by atoms with E-state index in [-0.39, 0.29) is 16.0 Å². The first-order valence-electron chi connectivity index (χ1n) is 9.84. The fraction of sp³-hybridized carbons (Fsp3) is 0.0476. The van der Waals surface area contributed by atoms with Gasteiger partial charge in [0.1, 0.15) is 5.02 Å². The van der Waals surface area contributed by atoms with Crippen molar-refractivity contribution in [1.82, 2.24) is 19.7 Å². The summed E-state index contributed by atoms with van der Waals surface area (Å²) in [6.45, 7) is 0.427. The number of nitrogens with one attached hydrogen (secondary N) is 3. The second-order valence-electron chi connectivity index (χ2n) is 7.05. The van der Waals surface area contributed by atoms with Crippen molar-refractivity contribution in [2.45, 2.75) is 11.4 Å². The largest absolute Gasteiger partial charge is 0.332 e. The highest BCUT2D eigenvalue weighted by atomic mass is 35.5. The van der Waals surface area contributed by atoms with Gasteiger partial charge in [-0.3, -0.25) is 4.68 Å². The Morgan fingerprint density at radius 3 is 2.34 bits per heavy atom. The van der Waals surface area contributed by atoms with Crippen LogP contribution in [0.4, 0.5) is 17.5 Å². The number of sulfonamides is 1. The monoisotopic (exact) mass is 567 g/mol. The van der Waals surface area contributed by atoms with Gasteiger partial charge in [0, 0.05) is 24.3 Å². The number of rotatable bonds is 7. The molecule has 0 saturated heterocycles. The highest BCUT2D eigenvalue weighted by Gasteiger charge is 2.16. The number of nitrogens with zero attached hydrogens (tertiary/aromatic N) is 4. The van der Waals surface area contributed by atoms with Crippen molar-refractivity contribution >= 4 is 79.6 Å². The van der Waals surface area contributed by atoms with E-state index in [9.17, 15) is 8.42 Å². The van der Waals surface area contributed by atoms with Gasteiger partial charge in [0.05, 0.1) is 21.5 Å². The lowest BCUT2D eigenvalue weighted by Gasteiger charge is -2.10. The van der Waals surface area contributed by atoms with Gasteiger partial charge in [-0.15, -0.1) is 0 Å². The Bertz CT molecular complexity index is 1460. The Hall–Kier alpha value is -2.96. The molecule has 0 unspecified atom stereocenters. The van der Waals surface area contributed by atoms with Crippen molar-refractivity contribution in [3.05, 3.63) is 87.8 Å². The van der Waals surface area contributed by atoms with E-state index in [1.165, 1.54) is 24.5 Å². The second-order valence-corrected chi connectivity index (χ2v) is 10.4. The number of thiocarbonyl (C=S) groups is 1. The molecule has 0 fully saturated rings. The summed E-state index contributed by atoms with van der Waals surface area (Å²) in [7, 11) is -3.84. The molecule has 0 aliphatic carbocycles. The molecular formula is C21H16Cl3N7O2S2. The van der Waals surface area contributed by atoms with Gasteiger partial charge in [-0.25, -0.2) is 23.1 Å². The number of hydrogen-bond donors (Lipinski definition) is 3. The van der Waals surface area contributed by atoms with Crippen LogP contribution in [0.2, 0.25) is 15.1 Å². The maximum Gasteiger partial charge on any atom is 0.264 e. The molecule has 4 aromatic rings. The van der Waals surface area contributed by atoms with Crippen LogP contribution in [0.3, 0.4) is 0 Å². The van der Waals surface area contributed by atoms with E-state index in [4.69, 9.17) is 47.0 Å². The lowest BCUT2D eigenvalue weighted by molar-refractivity contribution is 0.601. The molecule has 0 atom stereocenters. The van der Waals surface area contributed by atoms with E-state index in [0.29, 0.717) is 33.1 Å². The van der Waals surface area contributed by atoms with Crippen molar-refractivity contribution in [2.75, 3.05) is 15.4 Å². The Morgan fingerprint density at radius 1 is 0.943 bits per heavy atom. The summed E-state index contributed by atoms with van der Waals surface area (Å²) in [6.07, 6.45) is 4.53. The topological polar surface area (TPSA) is 114 Å². The van der Waals surface area contributed by atoms with Crippen LogP contribution in [0.1, 0.15) is 5.56 Å². The summed E-state index contributed by atoms with van der Waals surface area (Å²) >= 11 is 23.6. The van der Waals surface area contributed by atoms with E-state index in [1.54, 1.807) is 41.2 Å². The zero-order chi connectivity index (χ0) is 25.0. The summed E-state index contributed by atoms with van der Waals surface area (Å²) in [5, 5.41) is 11.8. The summed E-state index contributed by atoms with van der Waals surface area (Å²) in [5.74, 6) is 0.339. The fourth-order valence-corrected chi connectivity index (χ4v) is 4.60. The normalized spacial score (nSPS) is 11.2. The Morgan fingerprint density at radius 2 is 1.66 bits per heavy atom. The van der Waals surface area contributed by atoms with Crippen LogP contribution in [-0.2, 0) is 16.6 Å². The van der Waals surface area contributed by atoms with Crippen LogP contribution < -0.4 is 15.4 Å². The summed E-state index contributed by atoms with van der Waals surface area (Å²) in [6, 6.07) is 12.9. The number of halogens is 3. The van der Waals surface area contributed by atoms with Crippen LogP contribution in [0.25, 0.3) is 0 Å². The van der Waals surface area contributed by atoms with Crippen LogP contribution in [0.15, 0.2) is 72.0 Å². The minimum absolute atomic E-state index is 0.0180. The van der Waals surface area contributed by atoms with Gasteiger partial charge in [0.2, 0.25) is 5.95 Å². The third-order valence-electron chi connectivity index (χ3n) is 4.49. The highest BCUT2D eigenvalue weighted by molar-refractivity contribution is 7.92.